The molecular weight excluding hydrogens is 243 g/mol. The fourth-order valence-electron chi connectivity index (χ4n) is 1.24. The molecule has 0 saturated heterocycles. The van der Waals surface area contributed by atoms with Gasteiger partial charge in [0, 0.05) is 5.66 Å². The van der Waals surface area contributed by atoms with Gasteiger partial charge in [0.1, 0.15) is 6.35 Å². The zero-order valence-electron chi connectivity index (χ0n) is 8.79. The highest BCUT2D eigenvalue weighted by molar-refractivity contribution is 7.85. The predicted octanol–water partition coefficient (Wildman–Crippen LogP) is 1.26. The summed E-state index contributed by atoms with van der Waals surface area (Å²) in [5.74, 6) is -0.947. The molecule has 0 spiro atoms. The number of ether oxygens (including phenoxy) is 1. The van der Waals surface area contributed by atoms with Crippen molar-refractivity contribution in [2.45, 2.75) is 32.3 Å². The Balaban J connectivity index is 4.21. The highest BCUT2D eigenvalue weighted by atomic mass is 32.2. The molecule has 0 aromatic rings. The summed E-state index contributed by atoms with van der Waals surface area (Å²) in [5.41, 5.74) is -0.390. The van der Waals surface area contributed by atoms with Crippen molar-refractivity contribution in [3.63, 3.8) is 0 Å². The molecule has 0 aliphatic rings. The van der Waals surface area contributed by atoms with Gasteiger partial charge in [-0.15, -0.1) is 0 Å². The maximum absolute atomic E-state index is 11.6. The summed E-state index contributed by atoms with van der Waals surface area (Å²) >= 11 is 0. The van der Waals surface area contributed by atoms with Crippen molar-refractivity contribution in [1.29, 1.82) is 0 Å². The molecule has 0 heterocycles. The summed E-state index contributed by atoms with van der Waals surface area (Å²) in [6.45, 7) is 3.56. The molecule has 0 aromatic heterocycles. The third kappa shape index (κ3) is 6.27. The maximum atomic E-state index is 11.6. The van der Waals surface area contributed by atoms with Crippen LogP contribution in [-0.2, 0) is 19.4 Å². The Morgan fingerprint density at radius 1 is 1.33 bits per heavy atom. The van der Waals surface area contributed by atoms with Gasteiger partial charge in [-0.3, -0.25) is 9.12 Å². The molecular formula is C7H17O6PS. The summed E-state index contributed by atoms with van der Waals surface area (Å²) in [5, 5.41) is 0. The molecule has 92 valence electrons. The lowest BCUT2D eigenvalue weighted by atomic mass is 10.3. The first-order chi connectivity index (χ1) is 6.73. The molecule has 0 radical (unpaired) electrons. The molecule has 2 N–H and O–H groups in total. The summed E-state index contributed by atoms with van der Waals surface area (Å²) in [7, 11) is -7.73. The van der Waals surface area contributed by atoms with E-state index in [0.717, 1.165) is 0 Å². The van der Waals surface area contributed by atoms with Crippen molar-refractivity contribution in [3.05, 3.63) is 0 Å². The third-order valence-electron chi connectivity index (χ3n) is 2.02. The van der Waals surface area contributed by atoms with E-state index in [-0.39, 0.29) is 5.66 Å². The molecule has 6 nitrogen and oxygen atoms in total. The normalized spacial score (nSPS) is 16.6. The first kappa shape index (κ1) is 15.1. The van der Waals surface area contributed by atoms with Crippen LogP contribution in [-0.4, -0.2) is 35.8 Å². The van der Waals surface area contributed by atoms with Crippen LogP contribution >= 0.6 is 7.37 Å². The molecule has 0 aliphatic carbocycles. The standard InChI is InChI=1S/C7H17O6PS/c1-3-7(4-2)14(8,9)5-13-6-15(10,11)12/h7H,3-6H2,1-2H3,(H,8,9)(H,10,11,12). The maximum Gasteiger partial charge on any atom is 0.289 e. The number of hydrogen-bond acceptors (Lipinski definition) is 4. The fraction of sp³-hybridized carbons (Fsp3) is 1.00. The van der Waals surface area contributed by atoms with E-state index in [1.807, 2.05) is 0 Å². The monoisotopic (exact) mass is 260 g/mol. The van der Waals surface area contributed by atoms with Crippen molar-refractivity contribution in [1.82, 2.24) is 0 Å². The Morgan fingerprint density at radius 2 is 1.80 bits per heavy atom. The molecule has 0 saturated carbocycles. The van der Waals surface area contributed by atoms with E-state index < -0.39 is 29.8 Å². The van der Waals surface area contributed by atoms with Crippen molar-refractivity contribution in [2.75, 3.05) is 12.3 Å². The topological polar surface area (TPSA) is 101 Å². The summed E-state index contributed by atoms with van der Waals surface area (Å²) in [6, 6.07) is 0. The predicted molar refractivity (Wildman–Crippen MR) is 56.6 cm³/mol. The average molecular weight is 260 g/mol. The van der Waals surface area contributed by atoms with Gasteiger partial charge in [0.05, 0.1) is 0 Å². The van der Waals surface area contributed by atoms with E-state index in [9.17, 15) is 17.9 Å². The summed E-state index contributed by atoms with van der Waals surface area (Å²) < 4.78 is 45.0. The smallest absolute Gasteiger partial charge is 0.289 e. The minimum atomic E-state index is -4.24. The molecule has 0 fully saturated rings. The molecule has 1 unspecified atom stereocenters. The van der Waals surface area contributed by atoms with Gasteiger partial charge in [-0.25, -0.2) is 0 Å². The molecule has 0 aliphatic heterocycles. The van der Waals surface area contributed by atoms with Gasteiger partial charge >= 0.3 is 0 Å². The van der Waals surface area contributed by atoms with Crippen LogP contribution in [0.25, 0.3) is 0 Å². The van der Waals surface area contributed by atoms with Crippen LogP contribution in [0.4, 0.5) is 0 Å². The van der Waals surface area contributed by atoms with E-state index in [0.29, 0.717) is 12.8 Å². The van der Waals surface area contributed by atoms with E-state index in [1.165, 1.54) is 0 Å². The van der Waals surface area contributed by atoms with Crippen molar-refractivity contribution in [2.24, 2.45) is 0 Å². The van der Waals surface area contributed by atoms with Gasteiger partial charge in [0.2, 0.25) is 7.37 Å². The Labute approximate surface area is 89.8 Å². The Hall–Kier alpha value is 0.0600. The van der Waals surface area contributed by atoms with Crippen LogP contribution in [0.5, 0.6) is 0 Å². The van der Waals surface area contributed by atoms with Crippen LogP contribution in [0.15, 0.2) is 0 Å². The fourth-order valence-corrected chi connectivity index (χ4v) is 3.36. The lowest BCUT2D eigenvalue weighted by Gasteiger charge is -2.19. The van der Waals surface area contributed by atoms with E-state index >= 15 is 0 Å². The molecule has 8 heteroatoms. The minimum Gasteiger partial charge on any atom is -0.353 e. The van der Waals surface area contributed by atoms with Crippen molar-refractivity contribution >= 4 is 17.5 Å². The average Bonchev–Trinajstić information content (AvgIpc) is 2.02. The van der Waals surface area contributed by atoms with E-state index in [2.05, 4.69) is 4.74 Å². The van der Waals surface area contributed by atoms with Crippen LogP contribution in [0.1, 0.15) is 26.7 Å². The summed E-state index contributed by atoms with van der Waals surface area (Å²) in [6.07, 6.45) is 0.512. The first-order valence-corrected chi connectivity index (χ1v) is 8.09. The van der Waals surface area contributed by atoms with Crippen LogP contribution < -0.4 is 0 Å². The Bertz CT molecular complexity index is 320. The zero-order chi connectivity index (χ0) is 12.1. The lowest BCUT2D eigenvalue weighted by Crippen LogP contribution is -2.14. The van der Waals surface area contributed by atoms with Crippen LogP contribution in [0, 0.1) is 0 Å². The van der Waals surface area contributed by atoms with E-state index in [4.69, 9.17) is 4.55 Å². The minimum absolute atomic E-state index is 0.390. The molecule has 15 heavy (non-hydrogen) atoms. The zero-order valence-corrected chi connectivity index (χ0v) is 10.5. The van der Waals surface area contributed by atoms with Gasteiger partial charge in [-0.2, -0.15) is 8.42 Å². The molecule has 1 atom stereocenters. The molecule has 0 amide bonds. The second-order valence-corrected chi connectivity index (χ2v) is 7.16. The molecule has 0 aromatic carbocycles. The lowest BCUT2D eigenvalue weighted by molar-refractivity contribution is 0.204. The number of rotatable bonds is 7. The first-order valence-electron chi connectivity index (χ1n) is 4.57. The van der Waals surface area contributed by atoms with Gasteiger partial charge in [-0.1, -0.05) is 13.8 Å². The van der Waals surface area contributed by atoms with Gasteiger partial charge in [0.15, 0.2) is 5.94 Å². The van der Waals surface area contributed by atoms with Gasteiger partial charge in [-0.05, 0) is 12.8 Å². The summed E-state index contributed by atoms with van der Waals surface area (Å²) in [4.78, 5) is 9.53. The van der Waals surface area contributed by atoms with Crippen molar-refractivity contribution in [3.8, 4) is 0 Å². The van der Waals surface area contributed by atoms with Gasteiger partial charge in [0.25, 0.3) is 10.1 Å². The van der Waals surface area contributed by atoms with Crippen LogP contribution in [0.3, 0.4) is 0 Å². The van der Waals surface area contributed by atoms with Crippen LogP contribution in [0.2, 0.25) is 0 Å². The Kier molecular flexibility index (Phi) is 5.98. The second kappa shape index (κ2) is 5.96. The quantitative estimate of drug-likeness (QED) is 0.528. The van der Waals surface area contributed by atoms with Gasteiger partial charge < -0.3 is 9.63 Å². The van der Waals surface area contributed by atoms with E-state index in [1.54, 1.807) is 13.8 Å². The molecule has 0 bridgehead atoms. The highest BCUT2D eigenvalue weighted by Crippen LogP contribution is 2.48. The molecule has 0 rings (SSSR count). The largest absolute Gasteiger partial charge is 0.353 e. The SMILES string of the molecule is CCC(CC)P(=O)(O)COCS(=O)(=O)O. The van der Waals surface area contributed by atoms with Crippen molar-refractivity contribution < 1.29 is 27.2 Å². The highest BCUT2D eigenvalue weighted by Gasteiger charge is 2.28. The third-order valence-corrected chi connectivity index (χ3v) is 4.91. The second-order valence-electron chi connectivity index (χ2n) is 3.26. The number of hydrogen-bond donors (Lipinski definition) is 2. The Morgan fingerprint density at radius 3 is 2.13 bits per heavy atom.